The molecular weight excluding hydrogens is 535 g/mol. The Hall–Kier alpha value is -2.17. The van der Waals surface area contributed by atoms with Gasteiger partial charge in [-0.2, -0.15) is 26.3 Å². The van der Waals surface area contributed by atoms with Crippen molar-refractivity contribution in [1.82, 2.24) is 0 Å². The molecule has 8 nitrogen and oxygen atoms in total. The van der Waals surface area contributed by atoms with Crippen LogP contribution in [0.25, 0.3) is 0 Å². The highest BCUT2D eigenvalue weighted by Gasteiger charge is 2.68. The Labute approximate surface area is 171 Å². The van der Waals surface area contributed by atoms with E-state index in [9.17, 15) is 51.2 Å². The lowest BCUT2D eigenvalue weighted by molar-refractivity contribution is -0.574. The third kappa shape index (κ3) is 5.68. The normalized spacial score (nSPS) is 13.5. The lowest BCUT2D eigenvalue weighted by atomic mass is 10.0. The summed E-state index contributed by atoms with van der Waals surface area (Å²) in [6.07, 6.45) is -13.0. The summed E-state index contributed by atoms with van der Waals surface area (Å²) < 4.78 is 81.6. The van der Waals surface area contributed by atoms with Crippen molar-refractivity contribution in [1.29, 1.82) is 0 Å². The maximum Gasteiger partial charge on any atom is 0.399 e. The van der Waals surface area contributed by atoms with Gasteiger partial charge >= 0.3 is 24.3 Å². The van der Waals surface area contributed by atoms with E-state index in [0.29, 0.717) is 0 Å². The zero-order valence-corrected chi connectivity index (χ0v) is 15.9. The first-order chi connectivity index (χ1) is 13.1. The Morgan fingerprint density at radius 1 is 1.00 bits per heavy atom. The summed E-state index contributed by atoms with van der Waals surface area (Å²) in [4.78, 5) is 32.7. The second kappa shape index (κ2) is 9.10. The van der Waals surface area contributed by atoms with Crippen molar-refractivity contribution in [2.75, 3.05) is 13.2 Å². The minimum atomic E-state index is -6.50. The van der Waals surface area contributed by atoms with E-state index in [2.05, 4.69) is 9.47 Å². The molecule has 0 aromatic heterocycles. The van der Waals surface area contributed by atoms with Gasteiger partial charge in [-0.3, -0.25) is 19.7 Å². The Morgan fingerprint density at radius 2 is 1.45 bits per heavy atom. The van der Waals surface area contributed by atoms with Crippen LogP contribution in [0.4, 0.5) is 32.0 Å². The van der Waals surface area contributed by atoms with Gasteiger partial charge in [-0.15, -0.1) is 0 Å². The van der Waals surface area contributed by atoms with Crippen molar-refractivity contribution >= 4 is 40.2 Å². The molecule has 0 saturated carbocycles. The number of nitro benzene ring substituents is 1. The maximum absolute atomic E-state index is 12.4. The van der Waals surface area contributed by atoms with Gasteiger partial charge in [-0.05, 0) is 5.56 Å². The number of carbonyl (C=O) groups is 2. The number of nitro groups is 1. The molecule has 0 fully saturated rings. The van der Waals surface area contributed by atoms with E-state index in [0.717, 1.165) is 12.1 Å². The van der Waals surface area contributed by atoms with Crippen LogP contribution in [0.2, 0.25) is 0 Å². The quantitative estimate of drug-likeness (QED) is 0.0984. The van der Waals surface area contributed by atoms with Gasteiger partial charge in [0.25, 0.3) is 5.69 Å². The van der Waals surface area contributed by atoms with E-state index in [1.807, 2.05) is 0 Å². The molecule has 1 aromatic rings. The van der Waals surface area contributed by atoms with E-state index >= 15 is 0 Å². The highest BCUT2D eigenvalue weighted by Crippen LogP contribution is 2.41. The first-order valence-electron chi connectivity index (χ1n) is 7.19. The van der Waals surface area contributed by atoms with Crippen LogP contribution in [0.5, 0.6) is 0 Å². The molecule has 0 spiro atoms. The molecule has 1 aromatic carbocycles. The van der Waals surface area contributed by atoms with Crippen molar-refractivity contribution in [3.63, 3.8) is 0 Å². The molecule has 0 N–H and O–H groups in total. The standard InChI is InChI=1S/C14H9F6INO7/c15-13(16,17)12(25,14(18,19)20)11(24)29-6-5-28-10(23)9(21)7-1-3-8(4-2-7)22(26)27/h1-4,9H,5-6H2/q-1. The monoisotopic (exact) mass is 544 g/mol. The predicted octanol–water partition coefficient (Wildman–Crippen LogP) is 2.38. The maximum atomic E-state index is 12.4. The third-order valence-electron chi connectivity index (χ3n) is 3.25. The average Bonchev–Trinajstić information content (AvgIpc) is 2.61. The zero-order chi connectivity index (χ0) is 22.6. The lowest BCUT2D eigenvalue weighted by Gasteiger charge is -2.40. The Kier molecular flexibility index (Phi) is 7.80. The summed E-state index contributed by atoms with van der Waals surface area (Å²) in [5.41, 5.74) is -5.98. The number of carbonyl (C=O) groups excluding carboxylic acids is 2. The molecule has 0 heterocycles. The van der Waals surface area contributed by atoms with Gasteiger partial charge in [0.05, 0.1) is 4.92 Å². The number of hydrogen-bond acceptors (Lipinski definition) is 7. The molecule has 0 bridgehead atoms. The number of halogens is 7. The van der Waals surface area contributed by atoms with E-state index < -0.39 is 52.0 Å². The van der Waals surface area contributed by atoms with E-state index in [1.165, 1.54) is 12.1 Å². The molecule has 0 radical (unpaired) electrons. The van der Waals surface area contributed by atoms with E-state index in [-0.39, 0.29) is 11.3 Å². The van der Waals surface area contributed by atoms with Crippen molar-refractivity contribution < 1.29 is 55.4 Å². The molecule has 29 heavy (non-hydrogen) atoms. The molecule has 1 rings (SSSR count). The molecule has 1 unspecified atom stereocenters. The van der Waals surface area contributed by atoms with Gasteiger partial charge in [0, 0.05) is 12.1 Å². The minimum absolute atomic E-state index is 0.255. The summed E-state index contributed by atoms with van der Waals surface area (Å²) in [6.45, 7) is -2.16. The molecule has 0 aliphatic carbocycles. The van der Waals surface area contributed by atoms with Crippen LogP contribution in [-0.2, 0) is 19.1 Å². The number of alkyl halides is 7. The molecule has 1 atom stereocenters. The topological polar surface area (TPSA) is 119 Å². The summed E-state index contributed by atoms with van der Waals surface area (Å²) in [6, 6.07) is 4.65. The SMILES string of the molecule is O=C(OCCOC(=O)C([O-])(C(F)(F)F)C(F)(F)F)C(I)c1ccc([N+](=O)[O-])cc1. The Morgan fingerprint density at radius 3 is 1.86 bits per heavy atom. The third-order valence-corrected chi connectivity index (χ3v) is 4.48. The zero-order valence-electron chi connectivity index (χ0n) is 13.8. The summed E-state index contributed by atoms with van der Waals surface area (Å²) in [7, 11) is 0. The van der Waals surface area contributed by atoms with Crippen molar-refractivity contribution in [3.05, 3.63) is 39.9 Å². The fraction of sp³-hybridized carbons (Fsp3) is 0.429. The molecular formula is C14H9F6INO7-. The first kappa shape index (κ1) is 24.9. The summed E-state index contributed by atoms with van der Waals surface area (Å²) >= 11 is 1.56. The van der Waals surface area contributed by atoms with Crippen LogP contribution in [0.1, 0.15) is 9.49 Å². The lowest BCUT2D eigenvalue weighted by Crippen LogP contribution is -2.71. The van der Waals surface area contributed by atoms with E-state index in [4.69, 9.17) is 0 Å². The van der Waals surface area contributed by atoms with Crippen LogP contribution < -0.4 is 5.11 Å². The number of ether oxygens (including phenoxy) is 2. The summed E-state index contributed by atoms with van der Waals surface area (Å²) in [5, 5.41) is 21.6. The van der Waals surface area contributed by atoms with Gasteiger partial charge in [0.2, 0.25) is 0 Å². The predicted molar refractivity (Wildman–Crippen MR) is 86.6 cm³/mol. The minimum Gasteiger partial charge on any atom is -0.828 e. The fourth-order valence-electron chi connectivity index (χ4n) is 1.74. The second-order valence-corrected chi connectivity index (χ2v) is 6.44. The Balaban J connectivity index is 2.63. The summed E-state index contributed by atoms with van der Waals surface area (Å²) in [5.74, 6) is -4.15. The van der Waals surface area contributed by atoms with Crippen LogP contribution in [-0.4, -0.2) is 48.0 Å². The van der Waals surface area contributed by atoms with Crippen LogP contribution in [0.3, 0.4) is 0 Å². The number of hydrogen-bond donors (Lipinski definition) is 0. The molecule has 0 aliphatic heterocycles. The second-order valence-electron chi connectivity index (χ2n) is 5.19. The number of rotatable bonds is 7. The van der Waals surface area contributed by atoms with Crippen LogP contribution >= 0.6 is 22.6 Å². The largest absolute Gasteiger partial charge is 0.828 e. The molecule has 15 heteroatoms. The number of nitrogens with zero attached hydrogens (tertiary/aromatic N) is 1. The average molecular weight is 544 g/mol. The molecule has 0 amide bonds. The first-order valence-corrected chi connectivity index (χ1v) is 8.43. The van der Waals surface area contributed by atoms with Gasteiger partial charge < -0.3 is 14.6 Å². The number of benzene rings is 1. The smallest absolute Gasteiger partial charge is 0.399 e. The van der Waals surface area contributed by atoms with E-state index in [1.54, 1.807) is 22.6 Å². The van der Waals surface area contributed by atoms with Gasteiger partial charge in [0.15, 0.2) is 5.60 Å². The molecule has 0 saturated heterocycles. The van der Waals surface area contributed by atoms with Crippen LogP contribution in [0, 0.1) is 10.1 Å². The van der Waals surface area contributed by atoms with Crippen molar-refractivity contribution in [2.45, 2.75) is 21.9 Å². The highest BCUT2D eigenvalue weighted by atomic mass is 127. The molecule has 0 aliphatic rings. The van der Waals surface area contributed by atoms with Gasteiger partial charge in [0.1, 0.15) is 17.1 Å². The molecule has 162 valence electrons. The van der Waals surface area contributed by atoms with Crippen molar-refractivity contribution in [3.8, 4) is 0 Å². The number of non-ortho nitro benzene ring substituents is 1. The fourth-order valence-corrected chi connectivity index (χ4v) is 2.34. The Bertz CT molecular complexity index is 751. The van der Waals surface area contributed by atoms with Crippen molar-refractivity contribution in [2.24, 2.45) is 0 Å². The highest BCUT2D eigenvalue weighted by molar-refractivity contribution is 14.1. The van der Waals surface area contributed by atoms with Crippen LogP contribution in [0.15, 0.2) is 24.3 Å². The van der Waals surface area contributed by atoms with Gasteiger partial charge in [-0.25, -0.2) is 0 Å². The number of esters is 2. The van der Waals surface area contributed by atoms with Gasteiger partial charge in [-0.1, -0.05) is 34.7 Å².